The number of carboxylic acids is 1. The molecule has 0 spiro atoms. The highest BCUT2D eigenvalue weighted by Gasteiger charge is 2.33. The Balaban J connectivity index is 1.99. The molecule has 0 aromatic heterocycles. The summed E-state index contributed by atoms with van der Waals surface area (Å²) in [4.78, 5) is 16.7. The Hall–Kier alpha value is -2.05. The van der Waals surface area contributed by atoms with Crippen molar-refractivity contribution in [2.75, 3.05) is 24.2 Å². The van der Waals surface area contributed by atoms with E-state index in [-0.39, 0.29) is 12.6 Å². The minimum atomic E-state index is -0.777. The lowest BCUT2D eigenvalue weighted by Crippen LogP contribution is -2.27. The normalized spacial score (nSPS) is 21.9. The maximum absolute atomic E-state index is 11.9. The topological polar surface area (TPSA) is 62.1 Å². The van der Waals surface area contributed by atoms with Crippen LogP contribution in [-0.2, 0) is 16.0 Å². The number of carboxylic acid groups (broad SMARTS) is 1. The van der Waals surface area contributed by atoms with Crippen molar-refractivity contribution in [3.63, 3.8) is 0 Å². The van der Waals surface area contributed by atoms with Gasteiger partial charge >= 0.3 is 5.97 Å². The van der Waals surface area contributed by atoms with Gasteiger partial charge in [0, 0.05) is 30.7 Å². The lowest BCUT2D eigenvalue weighted by atomic mass is 9.73. The molecule has 1 aromatic rings. The number of benzene rings is 1. The smallest absolute Gasteiger partial charge is 0.307 e. The zero-order valence-electron chi connectivity index (χ0n) is 20.7. The minimum absolute atomic E-state index is 0.0456. The average molecular weight is 469 g/mol. The molecule has 0 saturated heterocycles. The van der Waals surface area contributed by atoms with Crippen molar-refractivity contribution in [3.8, 4) is 0 Å². The van der Waals surface area contributed by atoms with Crippen molar-refractivity contribution in [1.82, 2.24) is 0 Å². The molecule has 4 rings (SSSR count). The van der Waals surface area contributed by atoms with E-state index in [0.29, 0.717) is 5.41 Å². The van der Waals surface area contributed by atoms with E-state index in [1.165, 1.54) is 27.8 Å². The third kappa shape index (κ3) is 4.52. The first-order valence-corrected chi connectivity index (χ1v) is 13.0. The molecule has 6 heteroatoms. The molecule has 33 heavy (non-hydrogen) atoms. The number of hydrogen-bond donors (Lipinski definition) is 1. The zero-order valence-corrected chi connectivity index (χ0v) is 21.6. The van der Waals surface area contributed by atoms with Gasteiger partial charge in [-0.1, -0.05) is 31.9 Å². The molecule has 1 aliphatic carbocycles. The fraction of sp³-hybridized carbons (Fsp3) is 0.556. The highest BCUT2D eigenvalue weighted by atomic mass is 32.2. The third-order valence-electron chi connectivity index (χ3n) is 7.51. The largest absolute Gasteiger partial charge is 0.481 e. The standard InChI is InChI=1S/C27H36N2O3S/c1-16-20(13-23(30)31)24(18-9-11-27(3,4)12-10-18)17(2)25-21-14-28-22(32-5)8-7-19(21)15-29(33-6)26(16)25/h9,14,22H,7-8,10-13,15H2,1-6H3,(H,30,31). The molecule has 5 nitrogen and oxygen atoms in total. The van der Waals surface area contributed by atoms with Gasteiger partial charge in [0.05, 0.1) is 18.7 Å². The number of methoxy groups -OCH3 is 1. The predicted octanol–water partition coefficient (Wildman–Crippen LogP) is 6.21. The summed E-state index contributed by atoms with van der Waals surface area (Å²) in [6, 6.07) is 0. The summed E-state index contributed by atoms with van der Waals surface area (Å²) < 4.78 is 7.89. The Morgan fingerprint density at radius 3 is 2.64 bits per heavy atom. The summed E-state index contributed by atoms with van der Waals surface area (Å²) in [5.41, 5.74) is 10.9. The van der Waals surface area contributed by atoms with Crippen molar-refractivity contribution in [2.24, 2.45) is 10.4 Å². The van der Waals surface area contributed by atoms with Gasteiger partial charge in [0.25, 0.3) is 0 Å². The van der Waals surface area contributed by atoms with Crippen molar-refractivity contribution < 1.29 is 14.6 Å². The van der Waals surface area contributed by atoms with Crippen LogP contribution in [0.1, 0.15) is 73.8 Å². The summed E-state index contributed by atoms with van der Waals surface area (Å²) >= 11 is 1.71. The van der Waals surface area contributed by atoms with E-state index in [2.05, 4.69) is 44.3 Å². The number of aliphatic imine (C=N–C) groups is 1. The molecule has 0 fully saturated rings. The highest BCUT2D eigenvalue weighted by molar-refractivity contribution is 8.00. The van der Waals surface area contributed by atoms with Crippen LogP contribution in [0.15, 0.2) is 16.6 Å². The van der Waals surface area contributed by atoms with Crippen LogP contribution in [0, 0.1) is 19.3 Å². The minimum Gasteiger partial charge on any atom is -0.481 e. The number of fused-ring (bicyclic) bond motifs is 2. The predicted molar refractivity (Wildman–Crippen MR) is 139 cm³/mol. The van der Waals surface area contributed by atoms with E-state index < -0.39 is 5.97 Å². The fourth-order valence-electron chi connectivity index (χ4n) is 5.55. The molecule has 0 saturated carbocycles. The third-order valence-corrected chi connectivity index (χ3v) is 8.26. The second kappa shape index (κ2) is 9.30. The molecule has 2 heterocycles. The van der Waals surface area contributed by atoms with E-state index in [4.69, 9.17) is 9.73 Å². The Morgan fingerprint density at radius 2 is 2.03 bits per heavy atom. The van der Waals surface area contributed by atoms with Crippen LogP contribution in [0.3, 0.4) is 0 Å². The van der Waals surface area contributed by atoms with Crippen LogP contribution in [0.5, 0.6) is 0 Å². The molecular weight excluding hydrogens is 432 g/mol. The van der Waals surface area contributed by atoms with Gasteiger partial charge in [-0.3, -0.25) is 9.79 Å². The van der Waals surface area contributed by atoms with E-state index in [1.807, 2.05) is 6.21 Å². The number of rotatable bonds is 5. The summed E-state index contributed by atoms with van der Waals surface area (Å²) in [6.07, 6.45) is 11.3. The Labute approximate surface area is 202 Å². The van der Waals surface area contributed by atoms with Crippen molar-refractivity contribution in [3.05, 3.63) is 39.5 Å². The zero-order chi connectivity index (χ0) is 23.9. The SMILES string of the molecule is COC1CCC2=C(C=N1)c1c(C)c(C3=CCC(C)(C)CC3)c(CC(=O)O)c(C)c1N(SC)C2. The first-order chi connectivity index (χ1) is 15.7. The molecule has 1 unspecified atom stereocenters. The molecule has 178 valence electrons. The Kier molecular flexibility index (Phi) is 6.79. The number of carbonyl (C=O) groups is 1. The lowest BCUT2D eigenvalue weighted by Gasteiger charge is -2.37. The lowest BCUT2D eigenvalue weighted by molar-refractivity contribution is -0.136. The number of allylic oxidation sites excluding steroid dienone is 3. The summed E-state index contributed by atoms with van der Waals surface area (Å²) in [5.74, 6) is -0.777. The van der Waals surface area contributed by atoms with Crippen molar-refractivity contribution >= 4 is 41.0 Å². The quantitative estimate of drug-likeness (QED) is 0.520. The molecule has 2 aliphatic heterocycles. The Morgan fingerprint density at radius 1 is 1.27 bits per heavy atom. The molecule has 3 aliphatic rings. The second-order valence-corrected chi connectivity index (χ2v) is 11.0. The highest BCUT2D eigenvalue weighted by Crippen LogP contribution is 2.49. The van der Waals surface area contributed by atoms with Crippen LogP contribution in [0.25, 0.3) is 11.1 Å². The van der Waals surface area contributed by atoms with Crippen LogP contribution >= 0.6 is 11.9 Å². The maximum atomic E-state index is 11.9. The second-order valence-electron chi connectivity index (χ2n) is 10.2. The first kappa shape index (κ1) is 24.1. The summed E-state index contributed by atoms with van der Waals surface area (Å²) in [6.45, 7) is 9.74. The Bertz CT molecular complexity index is 1070. The van der Waals surface area contributed by atoms with E-state index in [0.717, 1.165) is 61.0 Å². The molecule has 0 amide bonds. The van der Waals surface area contributed by atoms with Crippen LogP contribution in [-0.4, -0.2) is 43.4 Å². The molecule has 1 aromatic carbocycles. The van der Waals surface area contributed by atoms with Crippen LogP contribution < -0.4 is 4.31 Å². The van der Waals surface area contributed by atoms with E-state index in [1.54, 1.807) is 19.1 Å². The number of nitrogens with zero attached hydrogens (tertiary/aromatic N) is 2. The van der Waals surface area contributed by atoms with Gasteiger partial charge in [0.2, 0.25) is 0 Å². The van der Waals surface area contributed by atoms with Crippen LogP contribution in [0.2, 0.25) is 0 Å². The number of ether oxygens (including phenoxy) is 1. The maximum Gasteiger partial charge on any atom is 0.307 e. The molecule has 1 atom stereocenters. The van der Waals surface area contributed by atoms with Gasteiger partial charge in [-0.15, -0.1) is 0 Å². The van der Waals surface area contributed by atoms with Gasteiger partial charge < -0.3 is 14.1 Å². The summed E-state index contributed by atoms with van der Waals surface area (Å²) in [5, 5.41) is 9.81. The molecule has 0 radical (unpaired) electrons. The van der Waals surface area contributed by atoms with Crippen molar-refractivity contribution in [1.29, 1.82) is 0 Å². The van der Waals surface area contributed by atoms with Crippen molar-refractivity contribution in [2.45, 2.75) is 72.4 Å². The number of anilines is 1. The summed E-state index contributed by atoms with van der Waals surface area (Å²) in [7, 11) is 1.72. The number of aliphatic carboxylic acids is 1. The van der Waals surface area contributed by atoms with Gasteiger partial charge in [-0.05, 0) is 84.8 Å². The average Bonchev–Trinajstić information content (AvgIpc) is 2.98. The monoisotopic (exact) mass is 468 g/mol. The molecule has 1 N–H and O–H groups in total. The first-order valence-electron chi connectivity index (χ1n) is 11.8. The van der Waals surface area contributed by atoms with E-state index in [9.17, 15) is 9.90 Å². The van der Waals surface area contributed by atoms with Gasteiger partial charge in [0.15, 0.2) is 0 Å². The molecular formula is C27H36N2O3S. The fourth-order valence-corrected chi connectivity index (χ4v) is 6.24. The van der Waals surface area contributed by atoms with Gasteiger partial charge in [-0.2, -0.15) is 0 Å². The number of hydrogen-bond acceptors (Lipinski definition) is 5. The molecule has 0 bridgehead atoms. The van der Waals surface area contributed by atoms with Crippen LogP contribution in [0.4, 0.5) is 5.69 Å². The van der Waals surface area contributed by atoms with Gasteiger partial charge in [0.1, 0.15) is 6.23 Å². The van der Waals surface area contributed by atoms with Gasteiger partial charge in [-0.25, -0.2) is 0 Å². The van der Waals surface area contributed by atoms with E-state index >= 15 is 0 Å².